The summed E-state index contributed by atoms with van der Waals surface area (Å²) in [5.41, 5.74) is 1.78. The maximum atomic E-state index is 14.8. The SMILES string of the molecule is Cc1ccc(Cl)c(-c2cncn2-c2n[nH]c3nc(NC(=O)C4CC4)sc23)c1F. The quantitative estimate of drug-likeness (QED) is 0.518. The number of H-pyrrole nitrogens is 1. The Morgan fingerprint density at radius 3 is 3.04 bits per heavy atom. The molecule has 1 saturated carbocycles. The minimum atomic E-state index is -0.400. The molecule has 28 heavy (non-hydrogen) atoms. The van der Waals surface area contributed by atoms with Crippen LogP contribution in [0.4, 0.5) is 9.52 Å². The number of aromatic nitrogens is 5. The van der Waals surface area contributed by atoms with Crippen molar-refractivity contribution in [1.82, 2.24) is 24.7 Å². The van der Waals surface area contributed by atoms with Crippen LogP contribution in [-0.2, 0) is 4.79 Å². The molecule has 3 heterocycles. The van der Waals surface area contributed by atoms with Crippen molar-refractivity contribution in [3.63, 3.8) is 0 Å². The number of aromatic amines is 1. The third kappa shape index (κ3) is 2.78. The number of aryl methyl sites for hydroxylation is 1. The van der Waals surface area contributed by atoms with Crippen molar-refractivity contribution >= 4 is 44.3 Å². The molecule has 142 valence electrons. The van der Waals surface area contributed by atoms with E-state index in [9.17, 15) is 9.18 Å². The monoisotopic (exact) mass is 416 g/mol. The first-order chi connectivity index (χ1) is 13.5. The van der Waals surface area contributed by atoms with Crippen molar-refractivity contribution < 1.29 is 9.18 Å². The van der Waals surface area contributed by atoms with Crippen molar-refractivity contribution in [3.8, 4) is 17.1 Å². The largest absolute Gasteiger partial charge is 0.302 e. The number of nitrogens with one attached hydrogen (secondary N) is 2. The van der Waals surface area contributed by atoms with E-state index in [0.717, 1.165) is 17.5 Å². The van der Waals surface area contributed by atoms with Crippen molar-refractivity contribution in [1.29, 1.82) is 0 Å². The van der Waals surface area contributed by atoms with Crippen LogP contribution in [-0.4, -0.2) is 30.6 Å². The molecule has 0 bridgehead atoms. The van der Waals surface area contributed by atoms with Crippen LogP contribution in [0.5, 0.6) is 0 Å². The van der Waals surface area contributed by atoms with Crippen molar-refractivity contribution in [2.24, 2.45) is 5.92 Å². The number of thiazole rings is 1. The molecule has 1 amide bonds. The van der Waals surface area contributed by atoms with E-state index in [1.807, 2.05) is 0 Å². The average Bonchev–Trinajstić information content (AvgIpc) is 3.12. The number of anilines is 1. The van der Waals surface area contributed by atoms with Crippen LogP contribution in [0.1, 0.15) is 18.4 Å². The third-order valence-electron chi connectivity index (χ3n) is 4.68. The van der Waals surface area contributed by atoms with Gasteiger partial charge in [0.1, 0.15) is 16.8 Å². The molecule has 1 aromatic carbocycles. The second kappa shape index (κ2) is 6.39. The zero-order valence-electron chi connectivity index (χ0n) is 14.7. The maximum Gasteiger partial charge on any atom is 0.229 e. The summed E-state index contributed by atoms with van der Waals surface area (Å²) in [7, 11) is 0. The number of amides is 1. The molecule has 4 aromatic rings. The van der Waals surface area contributed by atoms with Gasteiger partial charge in [0, 0.05) is 5.92 Å². The van der Waals surface area contributed by atoms with Gasteiger partial charge in [-0.15, -0.1) is 0 Å². The normalized spacial score (nSPS) is 14.0. The molecule has 0 unspecified atom stereocenters. The number of benzene rings is 1. The molecule has 1 aliphatic rings. The average molecular weight is 417 g/mol. The van der Waals surface area contributed by atoms with Crippen LogP contribution in [0.15, 0.2) is 24.7 Å². The lowest BCUT2D eigenvalue weighted by atomic mass is 10.1. The number of nitrogens with zero attached hydrogens (tertiary/aromatic N) is 4. The molecule has 0 saturated heterocycles. The lowest BCUT2D eigenvalue weighted by molar-refractivity contribution is -0.117. The summed E-state index contributed by atoms with van der Waals surface area (Å²) >= 11 is 7.58. The van der Waals surface area contributed by atoms with Gasteiger partial charge in [-0.25, -0.2) is 14.4 Å². The lowest BCUT2D eigenvalue weighted by Crippen LogP contribution is -2.12. The molecular weight excluding hydrogens is 403 g/mol. The van der Waals surface area contributed by atoms with Crippen LogP contribution in [0.25, 0.3) is 27.4 Å². The fourth-order valence-corrected chi connectivity index (χ4v) is 4.16. The van der Waals surface area contributed by atoms with Crippen LogP contribution in [0, 0.1) is 18.7 Å². The van der Waals surface area contributed by atoms with E-state index in [4.69, 9.17) is 11.6 Å². The minimum Gasteiger partial charge on any atom is -0.302 e. The second-order valence-electron chi connectivity index (χ2n) is 6.71. The number of carbonyl (C=O) groups is 1. The molecule has 5 rings (SSSR count). The number of imidazole rings is 1. The number of hydrogen-bond donors (Lipinski definition) is 2. The molecule has 3 aromatic heterocycles. The molecule has 0 aliphatic heterocycles. The zero-order valence-corrected chi connectivity index (χ0v) is 16.2. The van der Waals surface area contributed by atoms with E-state index in [-0.39, 0.29) is 17.4 Å². The van der Waals surface area contributed by atoms with Gasteiger partial charge < -0.3 is 5.32 Å². The summed E-state index contributed by atoms with van der Waals surface area (Å²) in [5.74, 6) is 0.195. The van der Waals surface area contributed by atoms with E-state index in [2.05, 4.69) is 25.5 Å². The first-order valence-electron chi connectivity index (χ1n) is 8.66. The Kier molecular flexibility index (Phi) is 3.95. The van der Waals surface area contributed by atoms with E-state index >= 15 is 0 Å². The van der Waals surface area contributed by atoms with Gasteiger partial charge in [0.15, 0.2) is 16.6 Å². The van der Waals surface area contributed by atoms with Crippen LogP contribution in [0.3, 0.4) is 0 Å². The highest BCUT2D eigenvalue weighted by molar-refractivity contribution is 7.22. The Balaban J connectivity index is 1.59. The summed E-state index contributed by atoms with van der Waals surface area (Å²) in [6.45, 7) is 1.68. The van der Waals surface area contributed by atoms with Gasteiger partial charge in [0.05, 0.1) is 22.5 Å². The third-order valence-corrected chi connectivity index (χ3v) is 5.96. The number of fused-ring (bicyclic) bond motifs is 1. The molecule has 0 spiro atoms. The minimum absolute atomic E-state index is 0.0113. The highest BCUT2D eigenvalue weighted by Gasteiger charge is 2.30. The van der Waals surface area contributed by atoms with Gasteiger partial charge in [-0.2, -0.15) is 5.10 Å². The van der Waals surface area contributed by atoms with Crippen LogP contribution in [0.2, 0.25) is 5.02 Å². The standard InChI is InChI=1S/C18H14ClFN6OS/c1-8-2-5-10(19)12(13(8)20)11-6-21-7-26(11)16-14-15(24-25-16)22-18(28-14)23-17(27)9-3-4-9/h2,5-7,9H,3-4H2,1H3,(H2,22,23,24,25,27). The Morgan fingerprint density at radius 2 is 2.25 bits per heavy atom. The highest BCUT2D eigenvalue weighted by Crippen LogP contribution is 2.37. The molecule has 0 radical (unpaired) electrons. The van der Waals surface area contributed by atoms with Gasteiger partial charge in [-0.3, -0.25) is 14.5 Å². The van der Waals surface area contributed by atoms with Crippen molar-refractivity contribution in [2.45, 2.75) is 19.8 Å². The Labute approximate surface area is 167 Å². The van der Waals surface area contributed by atoms with Gasteiger partial charge in [-0.05, 0) is 31.4 Å². The van der Waals surface area contributed by atoms with Crippen molar-refractivity contribution in [2.75, 3.05) is 5.32 Å². The molecule has 1 fully saturated rings. The number of halogens is 2. The van der Waals surface area contributed by atoms with Gasteiger partial charge in [0.25, 0.3) is 0 Å². The molecule has 0 atom stereocenters. The number of carbonyl (C=O) groups excluding carboxylic acids is 1. The summed E-state index contributed by atoms with van der Waals surface area (Å²) in [6, 6.07) is 3.29. The lowest BCUT2D eigenvalue weighted by Gasteiger charge is -2.10. The van der Waals surface area contributed by atoms with Gasteiger partial charge in [0.2, 0.25) is 5.91 Å². The molecule has 1 aliphatic carbocycles. The van der Waals surface area contributed by atoms with Gasteiger partial charge in [-0.1, -0.05) is 29.0 Å². The fourth-order valence-electron chi connectivity index (χ4n) is 3.01. The predicted octanol–water partition coefficient (Wildman–Crippen LogP) is 4.32. The Morgan fingerprint density at radius 1 is 1.43 bits per heavy atom. The van der Waals surface area contributed by atoms with E-state index in [1.165, 1.54) is 11.3 Å². The fraction of sp³-hybridized carbons (Fsp3) is 0.222. The Hall–Kier alpha value is -2.78. The first kappa shape index (κ1) is 17.3. The number of rotatable bonds is 4. The molecule has 10 heteroatoms. The smallest absolute Gasteiger partial charge is 0.229 e. The van der Waals surface area contributed by atoms with E-state index in [1.54, 1.807) is 36.1 Å². The Bertz CT molecular complexity index is 1220. The summed E-state index contributed by atoms with van der Waals surface area (Å²) in [6.07, 6.45) is 4.93. The molecular formula is C18H14ClFN6OS. The van der Waals surface area contributed by atoms with E-state index < -0.39 is 5.82 Å². The summed E-state index contributed by atoms with van der Waals surface area (Å²) in [5, 5.41) is 10.8. The van der Waals surface area contributed by atoms with Crippen molar-refractivity contribution in [3.05, 3.63) is 41.1 Å². The summed E-state index contributed by atoms with van der Waals surface area (Å²) < 4.78 is 17.2. The topological polar surface area (TPSA) is 88.5 Å². The molecule has 2 N–H and O–H groups in total. The number of hydrogen-bond acceptors (Lipinski definition) is 5. The maximum absolute atomic E-state index is 14.8. The predicted molar refractivity (Wildman–Crippen MR) is 105 cm³/mol. The van der Waals surface area contributed by atoms with Crippen LogP contribution < -0.4 is 5.32 Å². The van der Waals surface area contributed by atoms with Gasteiger partial charge >= 0.3 is 0 Å². The summed E-state index contributed by atoms with van der Waals surface area (Å²) in [4.78, 5) is 20.5. The van der Waals surface area contributed by atoms with Crippen LogP contribution >= 0.6 is 22.9 Å². The van der Waals surface area contributed by atoms with E-state index in [0.29, 0.717) is 32.9 Å². The first-order valence-corrected chi connectivity index (χ1v) is 9.86. The molecule has 7 nitrogen and oxygen atoms in total. The highest BCUT2D eigenvalue weighted by atomic mass is 35.5. The zero-order chi connectivity index (χ0) is 19.4. The second-order valence-corrected chi connectivity index (χ2v) is 8.12.